The Kier molecular flexibility index (Phi) is 3.51. The Morgan fingerprint density at radius 2 is 1.86 bits per heavy atom. The van der Waals surface area contributed by atoms with E-state index >= 15 is 0 Å². The van der Waals surface area contributed by atoms with Gasteiger partial charge in [0.2, 0.25) is 0 Å². The second-order valence-electron chi connectivity index (χ2n) is 4.58. The summed E-state index contributed by atoms with van der Waals surface area (Å²) in [4.78, 5) is 15.0. The molecule has 0 aliphatic carbocycles. The largest absolute Gasteiger partial charge is 0.488 e. The molecule has 4 heteroatoms. The van der Waals surface area contributed by atoms with E-state index < -0.39 is 5.97 Å². The Morgan fingerprint density at radius 3 is 2.71 bits per heavy atom. The van der Waals surface area contributed by atoms with Gasteiger partial charge in [-0.25, -0.2) is 9.78 Å². The van der Waals surface area contributed by atoms with E-state index in [4.69, 9.17) is 9.84 Å². The van der Waals surface area contributed by atoms with Gasteiger partial charge in [-0.3, -0.25) is 0 Å². The number of hydrogen-bond donors (Lipinski definition) is 1. The van der Waals surface area contributed by atoms with Crippen LogP contribution in [-0.2, 0) is 6.61 Å². The van der Waals surface area contributed by atoms with E-state index in [1.54, 1.807) is 12.1 Å². The second-order valence-corrected chi connectivity index (χ2v) is 4.58. The van der Waals surface area contributed by atoms with E-state index in [1.807, 2.05) is 42.5 Å². The van der Waals surface area contributed by atoms with Gasteiger partial charge < -0.3 is 9.84 Å². The van der Waals surface area contributed by atoms with Crippen molar-refractivity contribution in [3.63, 3.8) is 0 Å². The number of fused-ring (bicyclic) bond motifs is 1. The van der Waals surface area contributed by atoms with Gasteiger partial charge in [0.15, 0.2) is 5.69 Å². The van der Waals surface area contributed by atoms with E-state index in [-0.39, 0.29) is 12.3 Å². The molecule has 4 nitrogen and oxygen atoms in total. The molecule has 104 valence electrons. The van der Waals surface area contributed by atoms with Crippen LogP contribution in [0.3, 0.4) is 0 Å². The normalized spacial score (nSPS) is 10.5. The lowest BCUT2D eigenvalue weighted by Crippen LogP contribution is -2.07. The van der Waals surface area contributed by atoms with E-state index in [2.05, 4.69) is 4.98 Å². The number of nitrogens with zero attached hydrogens (tertiary/aromatic N) is 1. The monoisotopic (exact) mass is 279 g/mol. The number of carboxylic acids is 1. The fraction of sp³-hybridized carbons (Fsp3) is 0.0588. The molecule has 0 saturated heterocycles. The van der Waals surface area contributed by atoms with Crippen LogP contribution in [0, 0.1) is 0 Å². The SMILES string of the molecule is O=C(O)c1ncccc1COc1cccc2ccccc12. The zero-order chi connectivity index (χ0) is 14.7. The first-order valence-electron chi connectivity index (χ1n) is 6.53. The summed E-state index contributed by atoms with van der Waals surface area (Å²) in [5.74, 6) is -0.319. The number of aromatic carboxylic acids is 1. The molecule has 1 N–H and O–H groups in total. The van der Waals surface area contributed by atoms with Gasteiger partial charge in [-0.05, 0) is 17.5 Å². The van der Waals surface area contributed by atoms with Crippen LogP contribution in [0.2, 0.25) is 0 Å². The number of rotatable bonds is 4. The Balaban J connectivity index is 1.89. The van der Waals surface area contributed by atoms with Crippen molar-refractivity contribution >= 4 is 16.7 Å². The molecular weight excluding hydrogens is 266 g/mol. The summed E-state index contributed by atoms with van der Waals surface area (Å²) in [7, 11) is 0. The molecular formula is C17H13NO3. The van der Waals surface area contributed by atoms with Gasteiger partial charge >= 0.3 is 5.97 Å². The Hall–Kier alpha value is -2.88. The summed E-state index contributed by atoms with van der Waals surface area (Å²) in [6.45, 7) is 0.170. The molecule has 0 bridgehead atoms. The van der Waals surface area contributed by atoms with Crippen molar-refractivity contribution in [1.29, 1.82) is 0 Å². The predicted molar refractivity (Wildman–Crippen MR) is 79.5 cm³/mol. The zero-order valence-electron chi connectivity index (χ0n) is 11.2. The molecule has 0 radical (unpaired) electrons. The molecule has 3 rings (SSSR count). The molecule has 2 aromatic carbocycles. The van der Waals surface area contributed by atoms with Gasteiger partial charge in [0.1, 0.15) is 12.4 Å². The zero-order valence-corrected chi connectivity index (χ0v) is 11.2. The highest BCUT2D eigenvalue weighted by Gasteiger charge is 2.11. The average molecular weight is 279 g/mol. The molecule has 0 aliphatic heterocycles. The summed E-state index contributed by atoms with van der Waals surface area (Å²) >= 11 is 0. The molecule has 0 fully saturated rings. The summed E-state index contributed by atoms with van der Waals surface area (Å²) < 4.78 is 5.79. The number of hydrogen-bond acceptors (Lipinski definition) is 3. The summed E-state index contributed by atoms with van der Waals surface area (Å²) in [6.07, 6.45) is 1.46. The number of carboxylic acid groups (broad SMARTS) is 1. The van der Waals surface area contributed by atoms with Crippen molar-refractivity contribution in [1.82, 2.24) is 4.98 Å². The van der Waals surface area contributed by atoms with Gasteiger partial charge in [0.05, 0.1) is 0 Å². The fourth-order valence-electron chi connectivity index (χ4n) is 2.22. The van der Waals surface area contributed by atoms with Crippen LogP contribution < -0.4 is 4.74 Å². The van der Waals surface area contributed by atoms with Crippen LogP contribution >= 0.6 is 0 Å². The van der Waals surface area contributed by atoms with Crippen LogP contribution in [-0.4, -0.2) is 16.1 Å². The Bertz CT molecular complexity index is 793. The van der Waals surface area contributed by atoms with Crippen LogP contribution in [0.25, 0.3) is 10.8 Å². The predicted octanol–water partition coefficient (Wildman–Crippen LogP) is 3.51. The van der Waals surface area contributed by atoms with Crippen molar-refractivity contribution in [2.75, 3.05) is 0 Å². The maximum Gasteiger partial charge on any atom is 0.354 e. The third kappa shape index (κ3) is 2.69. The minimum absolute atomic E-state index is 0.0257. The first-order valence-corrected chi connectivity index (χ1v) is 6.53. The van der Waals surface area contributed by atoms with Gasteiger partial charge in [0, 0.05) is 17.1 Å². The Labute approximate surface area is 121 Å². The van der Waals surface area contributed by atoms with Crippen LogP contribution in [0.4, 0.5) is 0 Å². The highest BCUT2D eigenvalue weighted by atomic mass is 16.5. The number of aromatic nitrogens is 1. The summed E-state index contributed by atoms with van der Waals surface area (Å²) in [5.41, 5.74) is 0.579. The number of ether oxygens (including phenoxy) is 1. The third-order valence-electron chi connectivity index (χ3n) is 3.23. The molecule has 0 unspecified atom stereocenters. The average Bonchev–Trinajstić information content (AvgIpc) is 2.53. The molecule has 1 heterocycles. The molecule has 21 heavy (non-hydrogen) atoms. The van der Waals surface area contributed by atoms with Crippen molar-refractivity contribution in [3.05, 3.63) is 72.1 Å². The molecule has 1 aromatic heterocycles. The minimum atomic E-state index is -1.05. The highest BCUT2D eigenvalue weighted by molar-refractivity contribution is 5.88. The molecule has 0 saturated carbocycles. The van der Waals surface area contributed by atoms with Crippen molar-refractivity contribution < 1.29 is 14.6 Å². The first kappa shape index (κ1) is 13.1. The van der Waals surface area contributed by atoms with Gasteiger partial charge in [-0.2, -0.15) is 0 Å². The van der Waals surface area contributed by atoms with Crippen molar-refractivity contribution in [2.24, 2.45) is 0 Å². The first-order chi connectivity index (χ1) is 10.3. The topological polar surface area (TPSA) is 59.4 Å². The smallest absolute Gasteiger partial charge is 0.354 e. The maximum atomic E-state index is 11.1. The van der Waals surface area contributed by atoms with Crippen LogP contribution in [0.15, 0.2) is 60.8 Å². The van der Waals surface area contributed by atoms with E-state index in [0.717, 1.165) is 16.5 Å². The lowest BCUT2D eigenvalue weighted by Gasteiger charge is -2.10. The van der Waals surface area contributed by atoms with Crippen molar-refractivity contribution in [2.45, 2.75) is 6.61 Å². The Morgan fingerprint density at radius 1 is 1.05 bits per heavy atom. The van der Waals surface area contributed by atoms with Crippen LogP contribution in [0.5, 0.6) is 5.75 Å². The van der Waals surface area contributed by atoms with Crippen molar-refractivity contribution in [3.8, 4) is 5.75 Å². The highest BCUT2D eigenvalue weighted by Crippen LogP contribution is 2.26. The number of carbonyl (C=O) groups is 1. The summed E-state index contributed by atoms with van der Waals surface area (Å²) in [6, 6.07) is 17.1. The summed E-state index contributed by atoms with van der Waals surface area (Å²) in [5, 5.41) is 11.2. The van der Waals surface area contributed by atoms with Gasteiger partial charge in [-0.15, -0.1) is 0 Å². The standard InChI is InChI=1S/C17H13NO3/c19-17(20)16-13(7-4-10-18-16)11-21-15-9-3-6-12-5-1-2-8-14(12)15/h1-10H,11H2,(H,19,20). The third-order valence-corrected chi connectivity index (χ3v) is 3.23. The quantitative estimate of drug-likeness (QED) is 0.794. The van der Waals surface area contributed by atoms with Gasteiger partial charge in [-0.1, -0.05) is 42.5 Å². The molecule has 3 aromatic rings. The second kappa shape index (κ2) is 5.63. The lowest BCUT2D eigenvalue weighted by atomic mass is 10.1. The molecule has 0 atom stereocenters. The number of benzene rings is 2. The maximum absolute atomic E-state index is 11.1. The lowest BCUT2D eigenvalue weighted by molar-refractivity contribution is 0.0687. The molecule has 0 spiro atoms. The van der Waals surface area contributed by atoms with Crippen LogP contribution in [0.1, 0.15) is 16.1 Å². The van der Waals surface area contributed by atoms with E-state index in [1.165, 1.54) is 6.20 Å². The van der Waals surface area contributed by atoms with Gasteiger partial charge in [0.25, 0.3) is 0 Å². The number of pyridine rings is 1. The molecule has 0 amide bonds. The van der Waals surface area contributed by atoms with E-state index in [0.29, 0.717) is 5.56 Å². The van der Waals surface area contributed by atoms with E-state index in [9.17, 15) is 4.79 Å². The minimum Gasteiger partial charge on any atom is -0.488 e. The molecule has 0 aliphatic rings. The fourth-order valence-corrected chi connectivity index (χ4v) is 2.22.